The number of anilines is 1. The number of hydrogen-bond donors (Lipinski definition) is 4. The van der Waals surface area contributed by atoms with E-state index in [2.05, 4.69) is 26.5 Å². The van der Waals surface area contributed by atoms with Crippen molar-refractivity contribution in [1.29, 1.82) is 0 Å². The lowest BCUT2D eigenvalue weighted by molar-refractivity contribution is 0.0923. The van der Waals surface area contributed by atoms with E-state index in [1.54, 1.807) is 13.2 Å². The van der Waals surface area contributed by atoms with Crippen LogP contribution in [0.4, 0.5) is 5.82 Å². The van der Waals surface area contributed by atoms with Gasteiger partial charge in [-0.15, -0.1) is 0 Å². The Morgan fingerprint density at radius 2 is 1.76 bits per heavy atom. The molecular formula is C25H37ClN6O2. The smallest absolute Gasteiger partial charge is 0.289 e. The minimum absolute atomic E-state index is 0.165. The van der Waals surface area contributed by atoms with Gasteiger partial charge in [0.15, 0.2) is 0 Å². The fourth-order valence-electron chi connectivity index (χ4n) is 4.99. The van der Waals surface area contributed by atoms with E-state index in [1.165, 1.54) is 19.3 Å². The zero-order chi connectivity index (χ0) is 23.8. The number of nitrogens with zero attached hydrogens (tertiary/aromatic N) is 2. The Bertz CT molecular complexity index is 950. The van der Waals surface area contributed by atoms with Crippen molar-refractivity contribution in [3.8, 4) is 0 Å². The predicted molar refractivity (Wildman–Crippen MR) is 136 cm³/mol. The summed E-state index contributed by atoms with van der Waals surface area (Å²) in [6, 6.07) is 6.13. The van der Waals surface area contributed by atoms with Gasteiger partial charge in [-0.3, -0.25) is 15.6 Å². The van der Waals surface area contributed by atoms with E-state index in [9.17, 15) is 4.79 Å². The summed E-state index contributed by atoms with van der Waals surface area (Å²) in [5, 5.41) is 8.25. The Hall–Kier alpha value is -2.00. The number of rotatable bonds is 9. The SMILES string of the molecule is COCCNN[C@@H]1CCCC[C@@H]1Nc1nc(C(=O)NC2CCCCCC2)nc2ccc(Cl)cc12. The van der Waals surface area contributed by atoms with E-state index in [0.29, 0.717) is 23.0 Å². The molecule has 0 saturated heterocycles. The normalized spacial score (nSPS) is 21.8. The number of fused-ring (bicyclic) bond motifs is 1. The van der Waals surface area contributed by atoms with Gasteiger partial charge in [0.2, 0.25) is 5.82 Å². The third-order valence-electron chi connectivity index (χ3n) is 6.86. The quantitative estimate of drug-likeness (QED) is 0.238. The van der Waals surface area contributed by atoms with E-state index in [0.717, 1.165) is 56.9 Å². The number of methoxy groups -OCH3 is 1. The van der Waals surface area contributed by atoms with Crippen molar-refractivity contribution in [3.05, 3.63) is 29.0 Å². The fraction of sp³-hybridized carbons (Fsp3) is 0.640. The number of carbonyl (C=O) groups excluding carboxylic acids is 1. The lowest BCUT2D eigenvalue weighted by Gasteiger charge is -2.33. The number of ether oxygens (including phenoxy) is 1. The molecule has 9 heteroatoms. The van der Waals surface area contributed by atoms with Gasteiger partial charge in [0.05, 0.1) is 12.1 Å². The fourth-order valence-corrected chi connectivity index (χ4v) is 5.17. The minimum Gasteiger partial charge on any atom is -0.383 e. The van der Waals surface area contributed by atoms with E-state index in [1.807, 2.05) is 12.1 Å². The van der Waals surface area contributed by atoms with Crippen LogP contribution in [0, 0.1) is 0 Å². The molecule has 8 nitrogen and oxygen atoms in total. The molecule has 2 saturated carbocycles. The topological polar surface area (TPSA) is 100 Å². The van der Waals surface area contributed by atoms with Gasteiger partial charge in [-0.2, -0.15) is 0 Å². The summed E-state index contributed by atoms with van der Waals surface area (Å²) in [5.74, 6) is 0.667. The van der Waals surface area contributed by atoms with Crippen LogP contribution in [0.2, 0.25) is 5.02 Å². The Morgan fingerprint density at radius 1 is 1.03 bits per heavy atom. The molecule has 1 amide bonds. The van der Waals surface area contributed by atoms with Crippen LogP contribution in [-0.4, -0.2) is 54.3 Å². The molecule has 0 radical (unpaired) electrons. The van der Waals surface area contributed by atoms with Gasteiger partial charge in [0, 0.05) is 42.2 Å². The summed E-state index contributed by atoms with van der Waals surface area (Å²) < 4.78 is 5.12. The summed E-state index contributed by atoms with van der Waals surface area (Å²) >= 11 is 6.31. The molecule has 186 valence electrons. The Balaban J connectivity index is 1.55. The highest BCUT2D eigenvalue weighted by molar-refractivity contribution is 6.31. The lowest BCUT2D eigenvalue weighted by Crippen LogP contribution is -2.52. The maximum atomic E-state index is 13.1. The number of carbonyl (C=O) groups is 1. The second-order valence-electron chi connectivity index (χ2n) is 9.42. The van der Waals surface area contributed by atoms with Crippen LogP contribution in [0.25, 0.3) is 10.9 Å². The van der Waals surface area contributed by atoms with Gasteiger partial charge in [-0.25, -0.2) is 9.97 Å². The molecule has 4 rings (SSSR count). The first-order chi connectivity index (χ1) is 16.6. The number of halogens is 1. The third kappa shape index (κ3) is 6.78. The average Bonchev–Trinajstić information content (AvgIpc) is 3.11. The second kappa shape index (κ2) is 12.6. The van der Waals surface area contributed by atoms with Crippen molar-refractivity contribution in [2.24, 2.45) is 0 Å². The molecule has 2 atom stereocenters. The van der Waals surface area contributed by atoms with Crippen LogP contribution >= 0.6 is 11.6 Å². The van der Waals surface area contributed by atoms with Crippen molar-refractivity contribution in [2.75, 3.05) is 25.6 Å². The van der Waals surface area contributed by atoms with Crippen LogP contribution in [-0.2, 0) is 4.74 Å². The summed E-state index contributed by atoms with van der Waals surface area (Å²) in [6.07, 6.45) is 11.2. The number of hydrogen-bond acceptors (Lipinski definition) is 7. The molecule has 4 N–H and O–H groups in total. The highest BCUT2D eigenvalue weighted by atomic mass is 35.5. The van der Waals surface area contributed by atoms with Crippen molar-refractivity contribution in [2.45, 2.75) is 82.3 Å². The zero-order valence-electron chi connectivity index (χ0n) is 20.0. The van der Waals surface area contributed by atoms with E-state index >= 15 is 0 Å². The Morgan fingerprint density at radius 3 is 2.53 bits per heavy atom. The largest absolute Gasteiger partial charge is 0.383 e. The van der Waals surface area contributed by atoms with Gasteiger partial charge in [-0.05, 0) is 43.9 Å². The number of aromatic nitrogens is 2. The van der Waals surface area contributed by atoms with Gasteiger partial charge in [0.1, 0.15) is 5.82 Å². The van der Waals surface area contributed by atoms with Crippen molar-refractivity contribution >= 4 is 34.2 Å². The van der Waals surface area contributed by atoms with Crippen LogP contribution in [0.1, 0.15) is 74.8 Å². The molecule has 1 aromatic carbocycles. The molecule has 1 heterocycles. The molecule has 2 aliphatic rings. The van der Waals surface area contributed by atoms with Crippen LogP contribution < -0.4 is 21.5 Å². The van der Waals surface area contributed by atoms with Crippen molar-refractivity contribution in [3.63, 3.8) is 0 Å². The van der Waals surface area contributed by atoms with Crippen LogP contribution in [0.15, 0.2) is 18.2 Å². The average molecular weight is 489 g/mol. The summed E-state index contributed by atoms with van der Waals surface area (Å²) in [6.45, 7) is 1.38. The minimum atomic E-state index is -0.202. The first kappa shape index (κ1) is 25.1. The predicted octanol–water partition coefficient (Wildman–Crippen LogP) is 4.20. The molecule has 0 bridgehead atoms. The number of amides is 1. The molecule has 2 fully saturated rings. The van der Waals surface area contributed by atoms with Crippen molar-refractivity contribution < 1.29 is 9.53 Å². The lowest BCUT2D eigenvalue weighted by atomic mass is 9.90. The zero-order valence-corrected chi connectivity index (χ0v) is 20.8. The maximum Gasteiger partial charge on any atom is 0.289 e. The monoisotopic (exact) mass is 488 g/mol. The molecule has 0 aliphatic heterocycles. The van der Waals surface area contributed by atoms with E-state index in [-0.39, 0.29) is 29.9 Å². The van der Waals surface area contributed by atoms with Gasteiger partial charge >= 0.3 is 0 Å². The third-order valence-corrected chi connectivity index (χ3v) is 7.09. The molecular weight excluding hydrogens is 452 g/mol. The molecule has 1 aromatic heterocycles. The van der Waals surface area contributed by atoms with Gasteiger partial charge < -0.3 is 15.4 Å². The first-order valence-electron chi connectivity index (χ1n) is 12.7. The molecule has 34 heavy (non-hydrogen) atoms. The standard InChI is InChI=1S/C25H37ClN6O2/c1-34-15-14-27-32-22-11-7-6-10-21(22)30-23-19-16-17(26)12-13-20(19)29-24(31-23)25(33)28-18-8-4-2-3-5-9-18/h12-13,16,18,21-22,27,32H,2-11,14-15H2,1H3,(H,28,33)(H,29,30,31)/t21-,22+/m0/s1. The second-order valence-corrected chi connectivity index (χ2v) is 9.86. The summed E-state index contributed by atoms with van der Waals surface area (Å²) in [5.41, 5.74) is 7.42. The number of hydrazine groups is 1. The summed E-state index contributed by atoms with van der Waals surface area (Å²) in [4.78, 5) is 22.4. The van der Waals surface area contributed by atoms with Crippen molar-refractivity contribution in [1.82, 2.24) is 26.1 Å². The maximum absolute atomic E-state index is 13.1. The molecule has 0 unspecified atom stereocenters. The molecule has 2 aromatic rings. The highest BCUT2D eigenvalue weighted by Crippen LogP contribution is 2.28. The number of benzene rings is 1. The first-order valence-corrected chi connectivity index (χ1v) is 13.0. The van der Waals surface area contributed by atoms with E-state index in [4.69, 9.17) is 21.3 Å². The molecule has 2 aliphatic carbocycles. The Kier molecular flexibility index (Phi) is 9.33. The van der Waals surface area contributed by atoms with Gasteiger partial charge in [-0.1, -0.05) is 50.1 Å². The van der Waals surface area contributed by atoms with Gasteiger partial charge in [0.25, 0.3) is 5.91 Å². The summed E-state index contributed by atoms with van der Waals surface area (Å²) in [7, 11) is 1.70. The van der Waals surface area contributed by atoms with Crippen LogP contribution in [0.3, 0.4) is 0 Å². The number of nitrogens with one attached hydrogen (secondary N) is 4. The van der Waals surface area contributed by atoms with Crippen LogP contribution in [0.5, 0.6) is 0 Å². The highest BCUT2D eigenvalue weighted by Gasteiger charge is 2.27. The van der Waals surface area contributed by atoms with E-state index < -0.39 is 0 Å². The molecule has 0 spiro atoms. The Labute approximate surface area is 206 Å².